The van der Waals surface area contributed by atoms with Crippen LogP contribution < -0.4 is 15.6 Å². The van der Waals surface area contributed by atoms with Crippen LogP contribution in [0.4, 0.5) is 5.69 Å². The number of aromatic amines is 1. The number of anilines is 1. The fraction of sp³-hybridized carbons (Fsp3) is 0.353. The van der Waals surface area contributed by atoms with E-state index in [0.29, 0.717) is 24.1 Å². The summed E-state index contributed by atoms with van der Waals surface area (Å²) >= 11 is 1.05. The molecule has 3 rings (SSSR count). The summed E-state index contributed by atoms with van der Waals surface area (Å²) in [7, 11) is -2.29. The average Bonchev–Trinajstić information content (AvgIpc) is 2.73. The summed E-state index contributed by atoms with van der Waals surface area (Å²) in [5.74, 6) is -0.104. The molecule has 1 saturated heterocycles. The molecule has 0 atom stereocenters. The predicted molar refractivity (Wildman–Crippen MR) is 107 cm³/mol. The van der Waals surface area contributed by atoms with Gasteiger partial charge in [0.1, 0.15) is 5.75 Å². The Bertz CT molecular complexity index is 1030. The van der Waals surface area contributed by atoms with Gasteiger partial charge in [0.2, 0.25) is 15.9 Å². The highest BCUT2D eigenvalue weighted by molar-refractivity contribution is 7.99. The minimum Gasteiger partial charge on any atom is -0.495 e. The molecule has 0 aliphatic carbocycles. The Morgan fingerprint density at radius 1 is 1.34 bits per heavy atom. The number of thioether (sulfide) groups is 1. The number of morpholine rings is 1. The number of aromatic nitrogens is 2. The SMILES string of the molecule is COc1ccc(S(=O)(=O)N2CCOCC2)cc1NC(=O)CSc1nccc(=O)[nH]1. The molecule has 0 bridgehead atoms. The summed E-state index contributed by atoms with van der Waals surface area (Å²) in [4.78, 5) is 30.1. The van der Waals surface area contributed by atoms with Crippen molar-refractivity contribution >= 4 is 33.4 Å². The van der Waals surface area contributed by atoms with Crippen LogP contribution in [0.15, 0.2) is 45.3 Å². The molecule has 1 aromatic heterocycles. The molecule has 2 heterocycles. The van der Waals surface area contributed by atoms with E-state index in [4.69, 9.17) is 9.47 Å². The Balaban J connectivity index is 1.74. The van der Waals surface area contributed by atoms with Crippen LogP contribution >= 0.6 is 11.8 Å². The van der Waals surface area contributed by atoms with Crippen LogP contribution in [0.1, 0.15) is 0 Å². The second-order valence-electron chi connectivity index (χ2n) is 5.95. The van der Waals surface area contributed by atoms with Crippen molar-refractivity contribution in [1.82, 2.24) is 14.3 Å². The molecule has 156 valence electrons. The number of hydrogen-bond donors (Lipinski definition) is 2. The number of hydrogen-bond acceptors (Lipinski definition) is 8. The van der Waals surface area contributed by atoms with Crippen molar-refractivity contribution in [3.8, 4) is 5.75 Å². The predicted octanol–water partition coefficient (Wildman–Crippen LogP) is 0.530. The molecule has 0 spiro atoms. The zero-order valence-corrected chi connectivity index (χ0v) is 17.2. The van der Waals surface area contributed by atoms with Crippen LogP contribution in [-0.4, -0.2) is 67.8 Å². The Hall–Kier alpha value is -2.41. The van der Waals surface area contributed by atoms with Gasteiger partial charge in [-0.25, -0.2) is 13.4 Å². The second kappa shape index (κ2) is 9.39. The lowest BCUT2D eigenvalue weighted by atomic mass is 10.3. The van der Waals surface area contributed by atoms with E-state index < -0.39 is 15.9 Å². The number of benzene rings is 1. The van der Waals surface area contributed by atoms with Crippen LogP contribution in [0, 0.1) is 0 Å². The number of sulfonamides is 1. The molecule has 1 aliphatic heterocycles. The monoisotopic (exact) mass is 440 g/mol. The van der Waals surface area contributed by atoms with Crippen molar-refractivity contribution < 1.29 is 22.7 Å². The number of nitrogens with zero attached hydrogens (tertiary/aromatic N) is 2. The molecule has 12 heteroatoms. The van der Waals surface area contributed by atoms with E-state index in [1.807, 2.05) is 0 Å². The van der Waals surface area contributed by atoms with E-state index in [1.54, 1.807) is 0 Å². The first-order valence-electron chi connectivity index (χ1n) is 8.64. The van der Waals surface area contributed by atoms with Gasteiger partial charge in [-0.2, -0.15) is 4.31 Å². The van der Waals surface area contributed by atoms with Gasteiger partial charge >= 0.3 is 0 Å². The maximum Gasteiger partial charge on any atom is 0.251 e. The number of ether oxygens (including phenoxy) is 2. The third-order valence-corrected chi connectivity index (χ3v) is 6.82. The Kier molecular flexibility index (Phi) is 6.90. The number of rotatable bonds is 7. The maximum atomic E-state index is 12.8. The van der Waals surface area contributed by atoms with Gasteiger partial charge in [-0.1, -0.05) is 11.8 Å². The molecular weight excluding hydrogens is 420 g/mol. The van der Waals surface area contributed by atoms with Crippen LogP contribution in [-0.2, 0) is 19.6 Å². The van der Waals surface area contributed by atoms with Gasteiger partial charge in [0.15, 0.2) is 5.16 Å². The maximum absolute atomic E-state index is 12.8. The van der Waals surface area contributed by atoms with Gasteiger partial charge in [-0.05, 0) is 18.2 Å². The molecule has 0 saturated carbocycles. The van der Waals surface area contributed by atoms with Crippen LogP contribution in [0.2, 0.25) is 0 Å². The van der Waals surface area contributed by atoms with Crippen LogP contribution in [0.25, 0.3) is 0 Å². The molecule has 0 unspecified atom stereocenters. The minimum absolute atomic E-state index is 0.0312. The smallest absolute Gasteiger partial charge is 0.251 e. The molecule has 1 aromatic carbocycles. The van der Waals surface area contributed by atoms with Gasteiger partial charge < -0.3 is 19.8 Å². The van der Waals surface area contributed by atoms with Crippen LogP contribution in [0.3, 0.4) is 0 Å². The fourth-order valence-corrected chi connectivity index (χ4v) is 4.71. The molecule has 1 aliphatic rings. The third kappa shape index (κ3) is 5.35. The standard InChI is InChI=1S/C17H20N4O6S2/c1-26-14-3-2-12(29(24,25)21-6-8-27-9-7-21)10-13(14)19-16(23)11-28-17-18-5-4-15(22)20-17/h2-5,10H,6-9,11H2,1H3,(H,19,23)(H,18,20,22). The van der Waals surface area contributed by atoms with Gasteiger partial charge in [-0.15, -0.1) is 0 Å². The first kappa shape index (κ1) is 21.3. The van der Waals surface area contributed by atoms with E-state index in [-0.39, 0.29) is 35.0 Å². The summed E-state index contributed by atoms with van der Waals surface area (Å²) in [5.41, 5.74) is -0.0763. The molecule has 2 aromatic rings. The highest BCUT2D eigenvalue weighted by Gasteiger charge is 2.27. The average molecular weight is 441 g/mol. The largest absolute Gasteiger partial charge is 0.495 e. The number of H-pyrrole nitrogens is 1. The summed E-state index contributed by atoms with van der Waals surface area (Å²) in [6, 6.07) is 5.57. The summed E-state index contributed by atoms with van der Waals surface area (Å²) in [6.07, 6.45) is 1.35. The van der Waals surface area contributed by atoms with Crippen molar-refractivity contribution in [2.75, 3.05) is 44.5 Å². The van der Waals surface area contributed by atoms with Crippen molar-refractivity contribution in [1.29, 1.82) is 0 Å². The lowest BCUT2D eigenvalue weighted by molar-refractivity contribution is -0.113. The molecule has 2 N–H and O–H groups in total. The first-order valence-corrected chi connectivity index (χ1v) is 11.1. The number of carbonyl (C=O) groups is 1. The zero-order chi connectivity index (χ0) is 20.9. The molecule has 1 fully saturated rings. The molecule has 29 heavy (non-hydrogen) atoms. The highest BCUT2D eigenvalue weighted by atomic mass is 32.2. The Morgan fingerprint density at radius 3 is 2.79 bits per heavy atom. The minimum atomic E-state index is -3.71. The van der Waals surface area contributed by atoms with Gasteiger partial charge in [-0.3, -0.25) is 9.59 Å². The fourth-order valence-electron chi connectivity index (χ4n) is 2.63. The lowest BCUT2D eigenvalue weighted by Gasteiger charge is -2.26. The Morgan fingerprint density at radius 2 is 2.10 bits per heavy atom. The number of carbonyl (C=O) groups excluding carboxylic acids is 1. The summed E-state index contributed by atoms with van der Waals surface area (Å²) < 4.78 is 37.5. The van der Waals surface area contributed by atoms with E-state index in [0.717, 1.165) is 11.8 Å². The summed E-state index contributed by atoms with van der Waals surface area (Å²) in [6.45, 7) is 1.22. The topological polar surface area (TPSA) is 131 Å². The Labute approximate surface area is 171 Å². The van der Waals surface area contributed by atoms with E-state index >= 15 is 0 Å². The van der Waals surface area contributed by atoms with Gasteiger partial charge in [0.25, 0.3) is 5.56 Å². The molecule has 10 nitrogen and oxygen atoms in total. The van der Waals surface area contributed by atoms with Crippen molar-refractivity contribution in [3.63, 3.8) is 0 Å². The molecule has 1 amide bonds. The van der Waals surface area contributed by atoms with E-state index in [9.17, 15) is 18.0 Å². The van der Waals surface area contributed by atoms with Crippen molar-refractivity contribution in [3.05, 3.63) is 40.8 Å². The van der Waals surface area contributed by atoms with Gasteiger partial charge in [0, 0.05) is 25.4 Å². The normalized spacial score (nSPS) is 15.1. The highest BCUT2D eigenvalue weighted by Crippen LogP contribution is 2.29. The molecule has 0 radical (unpaired) electrons. The molecular formula is C17H20N4O6S2. The zero-order valence-electron chi connectivity index (χ0n) is 15.6. The third-order valence-electron chi connectivity index (χ3n) is 4.04. The quantitative estimate of drug-likeness (QED) is 0.471. The van der Waals surface area contributed by atoms with Gasteiger partial charge in [0.05, 0.1) is 36.7 Å². The first-order chi connectivity index (χ1) is 13.9. The number of methoxy groups -OCH3 is 1. The number of nitrogens with one attached hydrogen (secondary N) is 2. The van der Waals surface area contributed by atoms with Crippen molar-refractivity contribution in [2.24, 2.45) is 0 Å². The van der Waals surface area contributed by atoms with Crippen LogP contribution in [0.5, 0.6) is 5.75 Å². The second-order valence-corrected chi connectivity index (χ2v) is 8.86. The number of amides is 1. The summed E-state index contributed by atoms with van der Waals surface area (Å²) in [5, 5.41) is 2.96. The van der Waals surface area contributed by atoms with E-state index in [1.165, 1.54) is 41.9 Å². The van der Waals surface area contributed by atoms with E-state index in [2.05, 4.69) is 15.3 Å². The lowest BCUT2D eigenvalue weighted by Crippen LogP contribution is -2.40. The van der Waals surface area contributed by atoms with Crippen molar-refractivity contribution in [2.45, 2.75) is 10.1 Å².